The second kappa shape index (κ2) is 75.9. The zero-order valence-electron chi connectivity index (χ0n) is 77.6. The molecule has 0 atom stereocenters. The SMILES string of the molecule is CC(C)C(=O)NCCCN(CCCCN(CCCN)CC1CC1)CC1CC1.CC(C)C(=O)NCCCN(CCCN)CCCN(C)C.CC(C)NCCCN(CCCCN(CCCN)CC1CC1)CC1CC1.CC(C)NCCCN(CCCN)CCCN(C)C.CCN(CCCN)CCCCN(CC)CCCNC(=O)C(C)C. The lowest BCUT2D eigenvalue weighted by Gasteiger charge is -2.25. The van der Waals surface area contributed by atoms with Gasteiger partial charge in [-0.15, -0.1) is 0 Å². The lowest BCUT2D eigenvalue weighted by atomic mass is 10.2. The molecule has 4 rings (SSSR count). The second-order valence-electron chi connectivity index (χ2n) is 36.0. The van der Waals surface area contributed by atoms with Gasteiger partial charge in [-0.3, -0.25) is 14.4 Å². The van der Waals surface area contributed by atoms with E-state index in [1.807, 2.05) is 41.5 Å². The average Bonchev–Trinajstić information content (AvgIpc) is 1.78. The highest BCUT2D eigenvalue weighted by Gasteiger charge is 2.28. The average molecular weight is 1610 g/mol. The molecule has 0 radical (unpaired) electrons. The quantitative estimate of drug-likeness (QED) is 0.0254. The van der Waals surface area contributed by atoms with Crippen molar-refractivity contribution in [1.29, 1.82) is 0 Å². The zero-order valence-corrected chi connectivity index (χ0v) is 77.6. The van der Waals surface area contributed by atoms with Gasteiger partial charge in [0.1, 0.15) is 0 Å². The van der Waals surface area contributed by atoms with Gasteiger partial charge in [0.25, 0.3) is 0 Å². The Morgan fingerprint density at radius 2 is 0.460 bits per heavy atom. The van der Waals surface area contributed by atoms with Crippen molar-refractivity contribution in [2.75, 3.05) is 264 Å². The first-order chi connectivity index (χ1) is 54.3. The van der Waals surface area contributed by atoms with E-state index in [4.69, 9.17) is 28.7 Å². The third-order valence-corrected chi connectivity index (χ3v) is 21.7. The Morgan fingerprint density at radius 1 is 0.265 bits per heavy atom. The number of amides is 3. The van der Waals surface area contributed by atoms with Gasteiger partial charge in [-0.2, -0.15) is 0 Å². The van der Waals surface area contributed by atoms with Crippen LogP contribution in [0.2, 0.25) is 0 Å². The lowest BCUT2D eigenvalue weighted by Crippen LogP contribution is -2.34. The summed E-state index contributed by atoms with van der Waals surface area (Å²) in [6, 6.07) is 1.21. The van der Waals surface area contributed by atoms with E-state index in [0.29, 0.717) is 12.1 Å². The molecular formula is C90H196N20O3. The molecule has 0 aromatic rings. The standard InChI is InChI=1S/C22H44N4O.C21H44N4.C18H40N4O.C15H34N4O.C14H34N4/c1-19(2)22(27)24-12-6-16-26(18-21-9-10-21)14-4-3-13-25(15-5-11-23)17-20-7-8-20;1-19(2)23-12-6-16-25(18-21-9-10-21)14-4-3-13-24(15-5-11-22)17-20-7-8-20;1-5-21(15-9-11-19)13-7-8-14-22(6-2)16-10-12-20-18(23)17(3)4;1-14(2)15(20)17-9-6-12-19(11-5-8-16)13-7-10-18(3)4;1-14(2)16-9-6-12-18(11-5-8-15)13-7-10-17(3)4/h19-21H,3-18,23H2,1-2H3,(H,24,27);19-21,23H,3-18,22H2,1-2H3;17H,5-16,19H2,1-4H3,(H,20,23);14H,5-13,16H2,1-4H3,(H,17,20);14,16H,5-13,15H2,1-4H3. The molecule has 0 heterocycles. The van der Waals surface area contributed by atoms with Crippen LogP contribution in [0.5, 0.6) is 0 Å². The molecule has 0 bridgehead atoms. The molecule has 0 saturated heterocycles. The van der Waals surface area contributed by atoms with Gasteiger partial charge in [0.2, 0.25) is 17.7 Å². The highest BCUT2D eigenvalue weighted by molar-refractivity contribution is 5.78. The van der Waals surface area contributed by atoms with Crippen LogP contribution >= 0.6 is 0 Å². The number of hydrogen-bond donors (Lipinski definition) is 10. The van der Waals surface area contributed by atoms with Crippen molar-refractivity contribution in [2.24, 2.45) is 70.1 Å². The third-order valence-electron chi connectivity index (χ3n) is 21.7. The monoisotopic (exact) mass is 1610 g/mol. The predicted molar refractivity (Wildman–Crippen MR) is 489 cm³/mol. The second-order valence-corrected chi connectivity index (χ2v) is 36.0. The van der Waals surface area contributed by atoms with Crippen LogP contribution in [-0.4, -0.2) is 343 Å². The van der Waals surface area contributed by atoms with E-state index in [1.165, 1.54) is 214 Å². The summed E-state index contributed by atoms with van der Waals surface area (Å²) in [5.41, 5.74) is 28.2. The Kier molecular flexibility index (Phi) is 74.4. The van der Waals surface area contributed by atoms with Crippen molar-refractivity contribution in [2.45, 2.75) is 262 Å². The number of rotatable bonds is 73. The van der Waals surface area contributed by atoms with Crippen LogP contribution in [0.25, 0.3) is 0 Å². The molecule has 15 N–H and O–H groups in total. The number of nitrogens with two attached hydrogens (primary N) is 5. The lowest BCUT2D eigenvalue weighted by molar-refractivity contribution is -0.124. The van der Waals surface area contributed by atoms with Gasteiger partial charge in [0.05, 0.1) is 0 Å². The smallest absolute Gasteiger partial charge is 0.222 e. The highest BCUT2D eigenvalue weighted by Crippen LogP contribution is 2.32. The molecule has 674 valence electrons. The molecule has 0 spiro atoms. The minimum absolute atomic E-state index is 0.0726. The van der Waals surface area contributed by atoms with Crippen LogP contribution in [0.3, 0.4) is 0 Å². The molecule has 0 aliphatic heterocycles. The van der Waals surface area contributed by atoms with E-state index in [-0.39, 0.29) is 35.5 Å². The van der Waals surface area contributed by atoms with Crippen molar-refractivity contribution in [1.82, 2.24) is 75.6 Å². The van der Waals surface area contributed by atoms with Crippen LogP contribution in [0.15, 0.2) is 0 Å². The number of nitrogens with one attached hydrogen (secondary N) is 5. The maximum absolute atomic E-state index is 11.7. The summed E-state index contributed by atoms with van der Waals surface area (Å²) < 4.78 is 0. The fourth-order valence-electron chi connectivity index (χ4n) is 13.7. The number of hydrogen-bond acceptors (Lipinski definition) is 20. The number of carbonyl (C=O) groups is 3. The third kappa shape index (κ3) is 75.7. The molecular weight excluding hydrogens is 1410 g/mol. The summed E-state index contributed by atoms with van der Waals surface area (Å²) in [6.07, 6.45) is 32.9. The molecule has 0 aromatic heterocycles. The van der Waals surface area contributed by atoms with Crippen molar-refractivity contribution in [3.63, 3.8) is 0 Å². The van der Waals surface area contributed by atoms with Crippen LogP contribution in [-0.2, 0) is 14.4 Å². The molecule has 3 amide bonds. The van der Waals surface area contributed by atoms with Gasteiger partial charge in [0, 0.05) is 75.7 Å². The van der Waals surface area contributed by atoms with Crippen LogP contribution in [0.4, 0.5) is 0 Å². The predicted octanol–water partition coefficient (Wildman–Crippen LogP) is 9.28. The minimum Gasteiger partial charge on any atom is -0.356 e. The molecule has 23 nitrogen and oxygen atoms in total. The van der Waals surface area contributed by atoms with E-state index in [0.717, 1.165) is 212 Å². The Bertz CT molecular complexity index is 2080. The zero-order chi connectivity index (χ0) is 84.1. The van der Waals surface area contributed by atoms with Gasteiger partial charge in [-0.05, 0) is 409 Å². The van der Waals surface area contributed by atoms with Gasteiger partial charge < -0.3 is 104 Å². The van der Waals surface area contributed by atoms with Gasteiger partial charge >= 0.3 is 0 Å². The first-order valence-corrected chi connectivity index (χ1v) is 47.2. The Hall–Kier alpha value is -2.27. The normalized spacial score (nSPS) is 14.4. The van der Waals surface area contributed by atoms with Crippen LogP contribution in [0.1, 0.15) is 250 Å². The molecule has 4 saturated carbocycles. The summed E-state index contributed by atoms with van der Waals surface area (Å²) in [5, 5.41) is 16.0. The molecule has 4 aliphatic rings. The first kappa shape index (κ1) is 111. The summed E-state index contributed by atoms with van der Waals surface area (Å²) in [6.45, 7) is 64.3. The van der Waals surface area contributed by atoms with E-state index >= 15 is 0 Å². The highest BCUT2D eigenvalue weighted by atomic mass is 16.2. The van der Waals surface area contributed by atoms with Crippen LogP contribution in [0, 0.1) is 41.4 Å². The minimum atomic E-state index is 0.0726. The Morgan fingerprint density at radius 3 is 0.681 bits per heavy atom. The maximum atomic E-state index is 11.7. The van der Waals surface area contributed by atoms with Crippen LogP contribution < -0.4 is 55.3 Å². The molecule has 113 heavy (non-hydrogen) atoms. The molecule has 4 aliphatic carbocycles. The number of carbonyl (C=O) groups excluding carboxylic acids is 3. The van der Waals surface area contributed by atoms with E-state index in [2.05, 4.69) is 145 Å². The fraction of sp³-hybridized carbons (Fsp3) is 0.967. The van der Waals surface area contributed by atoms with Crippen molar-refractivity contribution >= 4 is 17.7 Å². The summed E-state index contributed by atoms with van der Waals surface area (Å²) >= 11 is 0. The Labute approximate surface area is 700 Å². The first-order valence-electron chi connectivity index (χ1n) is 47.2. The number of unbranched alkanes of at least 4 members (excludes halogenated alkanes) is 3. The van der Waals surface area contributed by atoms with Gasteiger partial charge in [0.15, 0.2) is 0 Å². The van der Waals surface area contributed by atoms with E-state index in [9.17, 15) is 14.4 Å². The molecule has 23 heteroatoms. The van der Waals surface area contributed by atoms with E-state index < -0.39 is 0 Å². The van der Waals surface area contributed by atoms with Gasteiger partial charge in [-0.25, -0.2) is 0 Å². The largest absolute Gasteiger partial charge is 0.356 e. The maximum Gasteiger partial charge on any atom is 0.222 e. The topological polar surface area (TPSA) is 274 Å². The van der Waals surface area contributed by atoms with Crippen molar-refractivity contribution in [3.05, 3.63) is 0 Å². The molecule has 4 fully saturated rings. The molecule has 0 aromatic carbocycles. The fourth-order valence-corrected chi connectivity index (χ4v) is 13.7. The number of nitrogens with zero attached hydrogens (tertiary/aromatic N) is 10. The van der Waals surface area contributed by atoms with E-state index in [1.54, 1.807) is 0 Å². The summed E-state index contributed by atoms with van der Waals surface area (Å²) in [4.78, 5) is 59.8. The summed E-state index contributed by atoms with van der Waals surface area (Å²) in [7, 11) is 8.48. The van der Waals surface area contributed by atoms with Crippen molar-refractivity contribution in [3.8, 4) is 0 Å². The molecule has 0 unspecified atom stereocenters. The summed E-state index contributed by atoms with van der Waals surface area (Å²) in [5.74, 6) is 4.63. The van der Waals surface area contributed by atoms with Gasteiger partial charge in [-0.1, -0.05) is 83.1 Å². The Balaban J connectivity index is 0.00000140. The van der Waals surface area contributed by atoms with Crippen molar-refractivity contribution < 1.29 is 14.4 Å².